The van der Waals surface area contributed by atoms with Crippen molar-refractivity contribution in [2.75, 3.05) is 0 Å². The van der Waals surface area contributed by atoms with E-state index < -0.39 is 29.8 Å². The van der Waals surface area contributed by atoms with E-state index in [4.69, 9.17) is 9.47 Å². The summed E-state index contributed by atoms with van der Waals surface area (Å²) in [6.45, 7) is 4.92. The zero-order valence-electron chi connectivity index (χ0n) is 15.3. The summed E-state index contributed by atoms with van der Waals surface area (Å²) in [6.07, 6.45) is -2.52. The number of alkyl carbamates (subject to hydrolysis) is 1. The molecule has 0 unspecified atom stereocenters. The predicted molar refractivity (Wildman–Crippen MR) is 96.1 cm³/mol. The van der Waals surface area contributed by atoms with Crippen molar-refractivity contribution >= 4 is 12.1 Å². The zero-order chi connectivity index (χ0) is 20.0. The number of rotatable bonds is 6. The first-order valence-electron chi connectivity index (χ1n) is 8.37. The molecule has 0 aliphatic rings. The molecule has 0 aromatic heterocycles. The van der Waals surface area contributed by atoms with Gasteiger partial charge in [-0.2, -0.15) is 0 Å². The summed E-state index contributed by atoms with van der Waals surface area (Å²) in [5, 5.41) is 24.0. The fourth-order valence-electron chi connectivity index (χ4n) is 2.28. The molecule has 0 bridgehead atoms. The van der Waals surface area contributed by atoms with E-state index >= 15 is 0 Å². The van der Waals surface area contributed by atoms with Crippen LogP contribution in [0.25, 0.3) is 0 Å². The van der Waals surface area contributed by atoms with Crippen molar-refractivity contribution in [3.8, 4) is 11.5 Å². The van der Waals surface area contributed by atoms with Crippen LogP contribution in [0.15, 0.2) is 54.6 Å². The minimum atomic E-state index is -1.69. The van der Waals surface area contributed by atoms with Crippen molar-refractivity contribution < 1.29 is 29.3 Å². The molecular formula is C20H22NO6-. The van der Waals surface area contributed by atoms with Crippen LogP contribution >= 0.6 is 0 Å². The van der Waals surface area contributed by atoms with Gasteiger partial charge in [0.15, 0.2) is 0 Å². The minimum absolute atomic E-state index is 0.244. The van der Waals surface area contributed by atoms with Gasteiger partial charge in [-0.25, -0.2) is 4.79 Å². The van der Waals surface area contributed by atoms with Crippen LogP contribution in [-0.2, 0) is 9.53 Å². The lowest BCUT2D eigenvalue weighted by Crippen LogP contribution is -2.52. The number of amides is 1. The Balaban J connectivity index is 2.15. The molecule has 0 radical (unpaired) electrons. The van der Waals surface area contributed by atoms with E-state index in [0.717, 1.165) is 0 Å². The van der Waals surface area contributed by atoms with Crippen LogP contribution in [0.2, 0.25) is 0 Å². The summed E-state index contributed by atoms with van der Waals surface area (Å²) in [6, 6.07) is 13.6. The molecular weight excluding hydrogens is 350 g/mol. The number of aliphatic carboxylic acids is 1. The van der Waals surface area contributed by atoms with Gasteiger partial charge < -0.3 is 29.8 Å². The first-order chi connectivity index (χ1) is 12.7. The zero-order valence-corrected chi connectivity index (χ0v) is 15.3. The number of para-hydroxylation sites is 1. The van der Waals surface area contributed by atoms with Gasteiger partial charge in [0.05, 0.1) is 5.97 Å². The molecule has 2 atom stereocenters. The molecule has 7 nitrogen and oxygen atoms in total. The summed E-state index contributed by atoms with van der Waals surface area (Å²) < 4.78 is 10.7. The van der Waals surface area contributed by atoms with Crippen molar-refractivity contribution in [1.29, 1.82) is 0 Å². The fourth-order valence-corrected chi connectivity index (χ4v) is 2.28. The lowest BCUT2D eigenvalue weighted by molar-refractivity contribution is -0.310. The van der Waals surface area contributed by atoms with Crippen molar-refractivity contribution in [2.24, 2.45) is 0 Å². The molecule has 0 spiro atoms. The van der Waals surface area contributed by atoms with Gasteiger partial charge in [0.2, 0.25) is 0 Å². The van der Waals surface area contributed by atoms with E-state index in [9.17, 15) is 19.8 Å². The number of carboxylic acids is 1. The first-order valence-corrected chi connectivity index (χ1v) is 8.37. The molecule has 0 saturated heterocycles. The molecule has 144 valence electrons. The average Bonchev–Trinajstić information content (AvgIpc) is 2.58. The number of benzene rings is 2. The second-order valence-electron chi connectivity index (χ2n) is 6.88. The van der Waals surface area contributed by atoms with Crippen LogP contribution in [0.5, 0.6) is 11.5 Å². The predicted octanol–water partition coefficient (Wildman–Crippen LogP) is 2.16. The lowest BCUT2D eigenvalue weighted by Gasteiger charge is -2.27. The van der Waals surface area contributed by atoms with Crippen LogP contribution < -0.4 is 15.2 Å². The lowest BCUT2D eigenvalue weighted by atomic mass is 10.0. The fraction of sp³-hybridized carbons (Fsp3) is 0.300. The summed E-state index contributed by atoms with van der Waals surface area (Å²) in [5.74, 6) is -0.637. The topological polar surface area (TPSA) is 108 Å². The molecule has 0 fully saturated rings. The highest BCUT2D eigenvalue weighted by molar-refractivity contribution is 5.79. The Morgan fingerprint density at radius 3 is 2.26 bits per heavy atom. The molecule has 2 rings (SSSR count). The van der Waals surface area contributed by atoms with Crippen LogP contribution in [-0.4, -0.2) is 28.8 Å². The van der Waals surface area contributed by atoms with Crippen LogP contribution in [0, 0.1) is 0 Å². The molecule has 0 heterocycles. The number of nitrogens with one attached hydrogen (secondary N) is 1. The maximum atomic E-state index is 11.9. The smallest absolute Gasteiger partial charge is 0.408 e. The Kier molecular flexibility index (Phi) is 6.41. The molecule has 2 aromatic carbocycles. The highest BCUT2D eigenvalue weighted by Gasteiger charge is 2.27. The van der Waals surface area contributed by atoms with Gasteiger partial charge in [0.1, 0.15) is 29.2 Å². The number of aliphatic hydroxyl groups is 1. The number of carboxylic acid groups (broad SMARTS) is 1. The maximum Gasteiger partial charge on any atom is 0.408 e. The third-order valence-electron chi connectivity index (χ3n) is 3.42. The Hall–Kier alpha value is -3.06. The third kappa shape index (κ3) is 6.31. The number of carbonyl (C=O) groups excluding carboxylic acids is 2. The largest absolute Gasteiger partial charge is 0.548 e. The van der Waals surface area contributed by atoms with Crippen LogP contribution in [0.4, 0.5) is 4.79 Å². The third-order valence-corrected chi connectivity index (χ3v) is 3.42. The standard InChI is InChI=1S/C20H23NO6/c1-20(2,3)27-19(25)21-16(18(23)24)17(22)13-8-7-11-15(12-13)26-14-9-5-4-6-10-14/h4-12,16-17,22H,1-3H3,(H,21,25)(H,23,24)/p-1/t16-,17+/m1/s1. The highest BCUT2D eigenvalue weighted by Crippen LogP contribution is 2.26. The number of carbonyl (C=O) groups is 2. The maximum absolute atomic E-state index is 11.9. The van der Waals surface area contributed by atoms with Crippen LogP contribution in [0.1, 0.15) is 32.4 Å². The van der Waals surface area contributed by atoms with E-state index in [1.54, 1.807) is 45.0 Å². The molecule has 2 N–H and O–H groups in total. The van der Waals surface area contributed by atoms with Crippen LogP contribution in [0.3, 0.4) is 0 Å². The van der Waals surface area contributed by atoms with Gasteiger partial charge in [-0.1, -0.05) is 30.3 Å². The Bertz CT molecular complexity index is 785. The number of ether oxygens (including phenoxy) is 2. The summed E-state index contributed by atoms with van der Waals surface area (Å²) in [5.41, 5.74) is -0.566. The molecule has 0 saturated carbocycles. The molecule has 1 amide bonds. The Morgan fingerprint density at radius 1 is 1.04 bits per heavy atom. The van der Waals surface area contributed by atoms with E-state index in [1.807, 2.05) is 18.2 Å². The second-order valence-corrected chi connectivity index (χ2v) is 6.88. The second kappa shape index (κ2) is 8.55. The van der Waals surface area contributed by atoms with Crippen molar-refractivity contribution in [2.45, 2.75) is 38.5 Å². The minimum Gasteiger partial charge on any atom is -0.548 e. The van der Waals surface area contributed by atoms with E-state index in [0.29, 0.717) is 11.5 Å². The molecule has 2 aromatic rings. The van der Waals surface area contributed by atoms with E-state index in [-0.39, 0.29) is 5.56 Å². The average molecular weight is 372 g/mol. The monoisotopic (exact) mass is 372 g/mol. The summed E-state index contributed by atoms with van der Waals surface area (Å²) in [4.78, 5) is 23.3. The molecule has 0 aliphatic carbocycles. The molecule has 7 heteroatoms. The summed E-state index contributed by atoms with van der Waals surface area (Å²) >= 11 is 0. The van der Waals surface area contributed by atoms with Crippen molar-refractivity contribution in [1.82, 2.24) is 5.32 Å². The van der Waals surface area contributed by atoms with Crippen molar-refractivity contribution in [3.05, 3.63) is 60.2 Å². The Labute approximate surface area is 157 Å². The van der Waals surface area contributed by atoms with E-state index in [1.165, 1.54) is 12.1 Å². The first kappa shape index (κ1) is 20.3. The number of hydrogen-bond donors (Lipinski definition) is 2. The highest BCUT2D eigenvalue weighted by atomic mass is 16.6. The summed E-state index contributed by atoms with van der Waals surface area (Å²) in [7, 11) is 0. The SMILES string of the molecule is CC(C)(C)OC(=O)N[C@@H](C(=O)[O-])[C@@H](O)c1cccc(Oc2ccccc2)c1. The van der Waals surface area contributed by atoms with Gasteiger partial charge in [0.25, 0.3) is 0 Å². The van der Waals surface area contributed by atoms with Crippen molar-refractivity contribution in [3.63, 3.8) is 0 Å². The normalized spacial score (nSPS) is 13.3. The number of hydrogen-bond acceptors (Lipinski definition) is 6. The van der Waals surface area contributed by atoms with Gasteiger partial charge >= 0.3 is 6.09 Å². The number of aliphatic hydroxyl groups excluding tert-OH is 1. The van der Waals surface area contributed by atoms with Gasteiger partial charge in [-0.05, 0) is 50.6 Å². The van der Waals surface area contributed by atoms with Gasteiger partial charge in [-0.3, -0.25) is 0 Å². The quantitative estimate of drug-likeness (QED) is 0.804. The molecule has 0 aliphatic heterocycles. The van der Waals surface area contributed by atoms with Gasteiger partial charge in [-0.15, -0.1) is 0 Å². The van der Waals surface area contributed by atoms with Gasteiger partial charge in [0, 0.05) is 0 Å². The molecule has 27 heavy (non-hydrogen) atoms. The Morgan fingerprint density at radius 2 is 1.67 bits per heavy atom. The van der Waals surface area contributed by atoms with E-state index in [2.05, 4.69) is 5.32 Å².